The van der Waals surface area contributed by atoms with Crippen molar-refractivity contribution in [2.45, 2.75) is 31.8 Å². The average Bonchev–Trinajstić information content (AvgIpc) is 2.27. The molecule has 3 N–H and O–H groups in total. The molecule has 0 spiro atoms. The van der Waals surface area contributed by atoms with Crippen LogP contribution >= 0.6 is 0 Å². The number of nitrogens with one attached hydrogen (secondary N) is 2. The summed E-state index contributed by atoms with van der Waals surface area (Å²) in [4.78, 5) is 22.2. The Morgan fingerprint density at radius 1 is 1.47 bits per heavy atom. The van der Waals surface area contributed by atoms with Crippen LogP contribution in [0.4, 0.5) is 4.79 Å². The van der Waals surface area contributed by atoms with Crippen LogP contribution in [0.3, 0.4) is 0 Å². The Labute approximate surface area is 101 Å². The van der Waals surface area contributed by atoms with Crippen LogP contribution in [-0.2, 0) is 9.53 Å². The molecular formula is C11H18N2O4. The monoisotopic (exact) mass is 242 g/mol. The molecule has 6 heteroatoms. The van der Waals surface area contributed by atoms with E-state index in [0.29, 0.717) is 13.0 Å². The molecule has 0 aromatic carbocycles. The topological polar surface area (TPSA) is 87.7 Å². The first-order chi connectivity index (χ1) is 8.04. The summed E-state index contributed by atoms with van der Waals surface area (Å²) in [6, 6.07) is -1.78. The van der Waals surface area contributed by atoms with Gasteiger partial charge in [0, 0.05) is 13.5 Å². The SMILES string of the molecule is C#CCC(NC(=O)NC(CC)COC)C(=O)O. The van der Waals surface area contributed by atoms with E-state index in [1.54, 1.807) is 0 Å². The standard InChI is InChI=1S/C11H18N2O4/c1-4-6-9(10(14)15)13-11(16)12-8(5-2)7-17-3/h1,8-9H,5-7H2,2-3H3,(H,14,15)(H2,12,13,16). The summed E-state index contributed by atoms with van der Waals surface area (Å²) in [5.41, 5.74) is 0. The minimum atomic E-state index is -1.15. The quantitative estimate of drug-likeness (QED) is 0.556. The molecular weight excluding hydrogens is 224 g/mol. The van der Waals surface area contributed by atoms with E-state index in [0.717, 1.165) is 0 Å². The number of carboxylic acids is 1. The van der Waals surface area contributed by atoms with Crippen LogP contribution in [0.5, 0.6) is 0 Å². The van der Waals surface area contributed by atoms with Gasteiger partial charge in [0.2, 0.25) is 0 Å². The Morgan fingerprint density at radius 3 is 2.53 bits per heavy atom. The van der Waals surface area contributed by atoms with Crippen molar-refractivity contribution < 1.29 is 19.4 Å². The fourth-order valence-electron chi connectivity index (χ4n) is 1.17. The Bertz CT molecular complexity index is 298. The summed E-state index contributed by atoms with van der Waals surface area (Å²) in [6.07, 6.45) is 5.65. The van der Waals surface area contributed by atoms with Crippen molar-refractivity contribution in [3.8, 4) is 12.3 Å². The van der Waals surface area contributed by atoms with E-state index in [2.05, 4.69) is 16.6 Å². The third-order valence-electron chi connectivity index (χ3n) is 2.12. The molecule has 0 fully saturated rings. The Balaban J connectivity index is 4.22. The van der Waals surface area contributed by atoms with Gasteiger partial charge in [0.25, 0.3) is 0 Å². The summed E-state index contributed by atoms with van der Waals surface area (Å²) in [5, 5.41) is 13.7. The maximum absolute atomic E-state index is 11.5. The van der Waals surface area contributed by atoms with Gasteiger partial charge in [0.1, 0.15) is 6.04 Å². The lowest BCUT2D eigenvalue weighted by Crippen LogP contribution is -2.49. The zero-order valence-electron chi connectivity index (χ0n) is 10.0. The number of rotatable bonds is 7. The highest BCUT2D eigenvalue weighted by atomic mass is 16.5. The number of urea groups is 1. The van der Waals surface area contributed by atoms with Gasteiger partial charge in [0.05, 0.1) is 12.6 Å². The maximum Gasteiger partial charge on any atom is 0.327 e. The van der Waals surface area contributed by atoms with Gasteiger partial charge in [-0.25, -0.2) is 9.59 Å². The van der Waals surface area contributed by atoms with E-state index in [1.807, 2.05) is 6.92 Å². The number of carbonyl (C=O) groups excluding carboxylic acids is 1. The molecule has 0 saturated heterocycles. The van der Waals surface area contributed by atoms with Gasteiger partial charge in [-0.2, -0.15) is 0 Å². The average molecular weight is 242 g/mol. The Hall–Kier alpha value is -1.74. The van der Waals surface area contributed by atoms with Crippen molar-refractivity contribution in [1.82, 2.24) is 10.6 Å². The molecule has 2 amide bonds. The number of terminal acetylenes is 1. The number of methoxy groups -OCH3 is 1. The molecule has 96 valence electrons. The molecule has 0 radical (unpaired) electrons. The third kappa shape index (κ3) is 6.43. The second-order valence-electron chi connectivity index (χ2n) is 3.48. The van der Waals surface area contributed by atoms with Crippen molar-refractivity contribution in [3.05, 3.63) is 0 Å². The molecule has 0 bridgehead atoms. The fraction of sp³-hybridized carbons (Fsp3) is 0.636. The van der Waals surface area contributed by atoms with E-state index in [4.69, 9.17) is 16.3 Å². The number of amides is 2. The predicted octanol–water partition coefficient (Wildman–Crippen LogP) is 0.187. The highest BCUT2D eigenvalue weighted by Gasteiger charge is 2.19. The lowest BCUT2D eigenvalue weighted by molar-refractivity contribution is -0.139. The van der Waals surface area contributed by atoms with Gasteiger partial charge in [0.15, 0.2) is 0 Å². The molecule has 2 unspecified atom stereocenters. The van der Waals surface area contributed by atoms with Crippen LogP contribution in [-0.4, -0.2) is 42.9 Å². The molecule has 0 rings (SSSR count). The van der Waals surface area contributed by atoms with Crippen molar-refractivity contribution in [1.29, 1.82) is 0 Å². The van der Waals surface area contributed by atoms with Crippen LogP contribution in [0, 0.1) is 12.3 Å². The van der Waals surface area contributed by atoms with Gasteiger partial charge in [-0.3, -0.25) is 0 Å². The van der Waals surface area contributed by atoms with Crippen molar-refractivity contribution in [2.75, 3.05) is 13.7 Å². The van der Waals surface area contributed by atoms with Gasteiger partial charge in [-0.1, -0.05) is 6.92 Å². The normalized spacial score (nSPS) is 13.2. The molecule has 2 atom stereocenters. The van der Waals surface area contributed by atoms with E-state index >= 15 is 0 Å². The van der Waals surface area contributed by atoms with E-state index in [9.17, 15) is 9.59 Å². The zero-order chi connectivity index (χ0) is 13.3. The van der Waals surface area contributed by atoms with Crippen molar-refractivity contribution in [2.24, 2.45) is 0 Å². The van der Waals surface area contributed by atoms with Gasteiger partial charge in [-0.05, 0) is 6.42 Å². The van der Waals surface area contributed by atoms with Crippen LogP contribution in [0.15, 0.2) is 0 Å². The zero-order valence-corrected chi connectivity index (χ0v) is 10.0. The Morgan fingerprint density at radius 2 is 2.12 bits per heavy atom. The highest BCUT2D eigenvalue weighted by molar-refractivity contribution is 5.82. The molecule has 0 aliphatic carbocycles. The molecule has 0 aromatic rings. The number of carbonyl (C=O) groups is 2. The summed E-state index contributed by atoms with van der Waals surface area (Å²) in [5.74, 6) is 1.04. The predicted molar refractivity (Wildman–Crippen MR) is 62.5 cm³/mol. The maximum atomic E-state index is 11.5. The van der Waals surface area contributed by atoms with Gasteiger partial charge in [-0.15, -0.1) is 12.3 Å². The minimum Gasteiger partial charge on any atom is -0.480 e. The van der Waals surface area contributed by atoms with Crippen molar-refractivity contribution >= 4 is 12.0 Å². The molecule has 0 aliphatic heterocycles. The number of aliphatic carboxylic acids is 1. The van der Waals surface area contributed by atoms with Crippen LogP contribution in [0.1, 0.15) is 19.8 Å². The summed E-state index contributed by atoms with van der Waals surface area (Å²) >= 11 is 0. The second-order valence-corrected chi connectivity index (χ2v) is 3.48. The number of ether oxygens (including phenoxy) is 1. The van der Waals surface area contributed by atoms with Crippen LogP contribution in [0.25, 0.3) is 0 Å². The number of carboxylic acid groups (broad SMARTS) is 1. The molecule has 0 saturated carbocycles. The first kappa shape index (κ1) is 15.3. The first-order valence-corrected chi connectivity index (χ1v) is 5.27. The van der Waals surface area contributed by atoms with Crippen molar-refractivity contribution in [3.63, 3.8) is 0 Å². The summed E-state index contributed by atoms with van der Waals surface area (Å²) in [6.45, 7) is 2.26. The molecule has 17 heavy (non-hydrogen) atoms. The minimum absolute atomic E-state index is 0.0518. The Kier molecular flexibility index (Phi) is 7.55. The third-order valence-corrected chi connectivity index (χ3v) is 2.12. The van der Waals surface area contributed by atoms with E-state index < -0.39 is 18.0 Å². The van der Waals surface area contributed by atoms with Gasteiger partial charge >= 0.3 is 12.0 Å². The molecule has 0 aliphatic rings. The molecule has 6 nitrogen and oxygen atoms in total. The second kappa shape index (κ2) is 8.42. The van der Waals surface area contributed by atoms with Gasteiger partial charge < -0.3 is 20.5 Å². The molecule has 0 aromatic heterocycles. The smallest absolute Gasteiger partial charge is 0.327 e. The summed E-state index contributed by atoms with van der Waals surface area (Å²) in [7, 11) is 1.53. The number of hydrogen-bond donors (Lipinski definition) is 3. The lowest BCUT2D eigenvalue weighted by atomic mass is 10.2. The first-order valence-electron chi connectivity index (χ1n) is 5.27. The highest BCUT2D eigenvalue weighted by Crippen LogP contribution is 1.94. The lowest BCUT2D eigenvalue weighted by Gasteiger charge is -2.18. The summed E-state index contributed by atoms with van der Waals surface area (Å²) < 4.78 is 4.90. The van der Waals surface area contributed by atoms with Crippen LogP contribution < -0.4 is 10.6 Å². The number of hydrogen-bond acceptors (Lipinski definition) is 3. The van der Waals surface area contributed by atoms with E-state index in [-0.39, 0.29) is 12.5 Å². The van der Waals surface area contributed by atoms with E-state index in [1.165, 1.54) is 7.11 Å². The molecule has 0 heterocycles. The fourth-order valence-corrected chi connectivity index (χ4v) is 1.17. The largest absolute Gasteiger partial charge is 0.480 e. The van der Waals surface area contributed by atoms with Crippen LogP contribution in [0.2, 0.25) is 0 Å².